The maximum atomic E-state index is 12.7. The Morgan fingerprint density at radius 1 is 1.19 bits per heavy atom. The summed E-state index contributed by atoms with van der Waals surface area (Å²) in [5, 5.41) is 3.10. The molecule has 1 aliphatic rings. The molecule has 0 aliphatic carbocycles. The van der Waals surface area contributed by atoms with Gasteiger partial charge in [0.05, 0.1) is 15.1 Å². The smallest absolute Gasteiger partial charge is 0.276 e. The molecule has 1 amide bonds. The average Bonchev–Trinajstić information content (AvgIpc) is 3.30. The van der Waals surface area contributed by atoms with Gasteiger partial charge in [0.15, 0.2) is 5.13 Å². The zero-order valence-electron chi connectivity index (χ0n) is 14.5. The molecule has 0 spiro atoms. The van der Waals surface area contributed by atoms with Crippen LogP contribution >= 0.6 is 11.3 Å². The van der Waals surface area contributed by atoms with Crippen molar-refractivity contribution in [2.75, 3.05) is 18.4 Å². The normalized spacial score (nSPS) is 15.3. The van der Waals surface area contributed by atoms with Gasteiger partial charge in [-0.25, -0.2) is 23.4 Å². The van der Waals surface area contributed by atoms with E-state index in [1.807, 2.05) is 0 Å². The Bertz CT molecular complexity index is 1120. The fourth-order valence-corrected chi connectivity index (χ4v) is 5.46. The molecule has 27 heavy (non-hydrogen) atoms. The second-order valence-corrected chi connectivity index (χ2v) is 9.17. The Labute approximate surface area is 160 Å². The monoisotopic (exact) mass is 403 g/mol. The largest absolute Gasteiger partial charge is 0.296 e. The van der Waals surface area contributed by atoms with E-state index in [4.69, 9.17) is 0 Å². The number of amides is 1. The van der Waals surface area contributed by atoms with Crippen LogP contribution in [-0.2, 0) is 10.0 Å². The highest BCUT2D eigenvalue weighted by Gasteiger charge is 2.27. The number of nitrogens with zero attached hydrogens (tertiary/aromatic N) is 4. The van der Waals surface area contributed by atoms with Crippen LogP contribution in [0.4, 0.5) is 5.13 Å². The van der Waals surface area contributed by atoms with Crippen LogP contribution in [0.2, 0.25) is 0 Å². The lowest BCUT2D eigenvalue weighted by atomic mass is 10.3. The average molecular weight is 403 g/mol. The quantitative estimate of drug-likeness (QED) is 0.717. The topological polar surface area (TPSA) is 105 Å². The summed E-state index contributed by atoms with van der Waals surface area (Å²) in [6, 6.07) is 6.37. The molecule has 0 saturated carbocycles. The summed E-state index contributed by atoms with van der Waals surface area (Å²) in [4.78, 5) is 25.0. The van der Waals surface area contributed by atoms with Crippen molar-refractivity contribution in [3.05, 3.63) is 42.0 Å². The molecule has 1 aromatic carbocycles. The van der Waals surface area contributed by atoms with Gasteiger partial charge in [-0.3, -0.25) is 10.1 Å². The van der Waals surface area contributed by atoms with Gasteiger partial charge in [0.2, 0.25) is 10.0 Å². The van der Waals surface area contributed by atoms with Gasteiger partial charge in [-0.1, -0.05) is 11.3 Å². The third-order valence-electron chi connectivity index (χ3n) is 4.29. The van der Waals surface area contributed by atoms with Crippen molar-refractivity contribution < 1.29 is 13.2 Å². The van der Waals surface area contributed by atoms with E-state index in [-0.39, 0.29) is 16.5 Å². The Balaban J connectivity index is 1.60. The molecular weight excluding hydrogens is 386 g/mol. The van der Waals surface area contributed by atoms with Gasteiger partial charge >= 0.3 is 0 Å². The molecule has 0 radical (unpaired) electrons. The number of hydrogen-bond acceptors (Lipinski definition) is 7. The molecule has 8 nitrogen and oxygen atoms in total. The summed E-state index contributed by atoms with van der Waals surface area (Å²) in [5.41, 5.74) is 0.883. The number of anilines is 1. The lowest BCUT2D eigenvalue weighted by Crippen LogP contribution is -2.27. The number of aromatic nitrogens is 3. The Hall–Kier alpha value is -2.43. The van der Waals surface area contributed by atoms with Crippen molar-refractivity contribution in [3.63, 3.8) is 0 Å². The minimum absolute atomic E-state index is 0.249. The van der Waals surface area contributed by atoms with Crippen LogP contribution in [0.25, 0.3) is 10.2 Å². The third kappa shape index (κ3) is 3.55. The van der Waals surface area contributed by atoms with Crippen LogP contribution in [0, 0.1) is 6.92 Å². The van der Waals surface area contributed by atoms with Crippen LogP contribution in [0.1, 0.15) is 29.2 Å². The molecule has 0 unspecified atom stereocenters. The van der Waals surface area contributed by atoms with E-state index in [1.54, 1.807) is 25.1 Å². The predicted molar refractivity (Wildman–Crippen MR) is 102 cm³/mol. The molecule has 10 heteroatoms. The van der Waals surface area contributed by atoms with Crippen LogP contribution in [-0.4, -0.2) is 46.7 Å². The molecule has 0 atom stereocenters. The molecule has 0 bridgehead atoms. The van der Waals surface area contributed by atoms with E-state index in [1.165, 1.54) is 27.9 Å². The zero-order valence-corrected chi connectivity index (χ0v) is 16.2. The van der Waals surface area contributed by atoms with E-state index in [0.717, 1.165) is 12.8 Å². The van der Waals surface area contributed by atoms with E-state index in [9.17, 15) is 13.2 Å². The summed E-state index contributed by atoms with van der Waals surface area (Å²) in [6.07, 6.45) is 3.30. The van der Waals surface area contributed by atoms with Gasteiger partial charge in [-0.2, -0.15) is 4.31 Å². The minimum Gasteiger partial charge on any atom is -0.296 e. The maximum Gasteiger partial charge on any atom is 0.276 e. The lowest BCUT2D eigenvalue weighted by molar-refractivity contribution is 0.102. The molecule has 1 aliphatic heterocycles. The van der Waals surface area contributed by atoms with Gasteiger partial charge in [0.1, 0.15) is 11.5 Å². The summed E-state index contributed by atoms with van der Waals surface area (Å²) in [6.45, 7) is 2.82. The second-order valence-electron chi connectivity index (χ2n) is 6.20. The fourth-order valence-electron chi connectivity index (χ4n) is 2.94. The number of rotatable bonds is 4. The van der Waals surface area contributed by atoms with E-state index in [0.29, 0.717) is 34.3 Å². The Morgan fingerprint density at radius 3 is 2.70 bits per heavy atom. The summed E-state index contributed by atoms with van der Waals surface area (Å²) < 4.78 is 27.6. The molecule has 1 N–H and O–H groups in total. The highest BCUT2D eigenvalue weighted by Crippen LogP contribution is 2.30. The third-order valence-corrected chi connectivity index (χ3v) is 7.12. The predicted octanol–water partition coefficient (Wildman–Crippen LogP) is 2.43. The number of carbonyl (C=O) groups is 1. The van der Waals surface area contributed by atoms with Crippen LogP contribution < -0.4 is 5.32 Å². The standard InChI is InChI=1S/C17H17N5O3S2/c1-11-18-7-6-14(19-11)16(23)21-17-20-13-5-4-12(10-15(13)26-17)27(24,25)22-8-2-3-9-22/h4-7,10H,2-3,8-9H2,1H3,(H,20,21,23). The van der Waals surface area contributed by atoms with Gasteiger partial charge < -0.3 is 0 Å². The molecule has 1 saturated heterocycles. The van der Waals surface area contributed by atoms with Gasteiger partial charge in [-0.15, -0.1) is 0 Å². The summed E-state index contributed by atoms with van der Waals surface area (Å²) in [7, 11) is -3.48. The molecule has 3 heterocycles. The van der Waals surface area contributed by atoms with Crippen LogP contribution in [0.3, 0.4) is 0 Å². The second kappa shape index (κ2) is 6.95. The number of fused-ring (bicyclic) bond motifs is 1. The molecule has 1 fully saturated rings. The van der Waals surface area contributed by atoms with Crippen molar-refractivity contribution in [2.45, 2.75) is 24.7 Å². The molecule has 140 valence electrons. The first-order valence-corrected chi connectivity index (χ1v) is 10.7. The molecule has 2 aromatic heterocycles. The van der Waals surface area contributed by atoms with Crippen molar-refractivity contribution in [2.24, 2.45) is 0 Å². The Morgan fingerprint density at radius 2 is 1.96 bits per heavy atom. The number of thiazole rings is 1. The summed E-state index contributed by atoms with van der Waals surface area (Å²) in [5.74, 6) is 0.119. The van der Waals surface area contributed by atoms with Crippen LogP contribution in [0.5, 0.6) is 0 Å². The Kier molecular flexibility index (Phi) is 4.62. The van der Waals surface area contributed by atoms with E-state index >= 15 is 0 Å². The highest BCUT2D eigenvalue weighted by molar-refractivity contribution is 7.89. The van der Waals surface area contributed by atoms with Crippen molar-refractivity contribution in [1.29, 1.82) is 0 Å². The zero-order chi connectivity index (χ0) is 19.0. The van der Waals surface area contributed by atoms with Crippen molar-refractivity contribution in [1.82, 2.24) is 19.3 Å². The minimum atomic E-state index is -3.48. The number of hydrogen-bond donors (Lipinski definition) is 1. The first-order chi connectivity index (χ1) is 12.9. The van der Waals surface area contributed by atoms with Crippen molar-refractivity contribution in [3.8, 4) is 0 Å². The van der Waals surface area contributed by atoms with E-state index < -0.39 is 10.0 Å². The molecular formula is C17H17N5O3S2. The number of aryl methyl sites for hydroxylation is 1. The van der Waals surface area contributed by atoms with Crippen LogP contribution in [0.15, 0.2) is 35.4 Å². The van der Waals surface area contributed by atoms with Gasteiger partial charge in [0, 0.05) is 19.3 Å². The van der Waals surface area contributed by atoms with Gasteiger partial charge in [-0.05, 0) is 44.0 Å². The number of benzene rings is 1. The SMILES string of the molecule is Cc1nccc(C(=O)Nc2nc3ccc(S(=O)(=O)N4CCCC4)cc3s2)n1. The lowest BCUT2D eigenvalue weighted by Gasteiger charge is -2.15. The maximum absolute atomic E-state index is 12.7. The first-order valence-electron chi connectivity index (χ1n) is 8.45. The number of sulfonamides is 1. The first kappa shape index (κ1) is 18.0. The fraction of sp³-hybridized carbons (Fsp3) is 0.294. The highest BCUT2D eigenvalue weighted by atomic mass is 32.2. The number of nitrogens with one attached hydrogen (secondary N) is 1. The molecule has 3 aromatic rings. The summed E-state index contributed by atoms with van der Waals surface area (Å²) >= 11 is 1.23. The molecule has 4 rings (SSSR count). The number of carbonyl (C=O) groups excluding carboxylic acids is 1. The van der Waals surface area contributed by atoms with Crippen molar-refractivity contribution >= 4 is 42.6 Å². The van der Waals surface area contributed by atoms with E-state index in [2.05, 4.69) is 20.3 Å². The van der Waals surface area contributed by atoms with Gasteiger partial charge in [0.25, 0.3) is 5.91 Å².